The first-order valence-corrected chi connectivity index (χ1v) is 11.9. The second kappa shape index (κ2) is 7.85. The minimum Gasteiger partial charge on any atom is -0.497 e. The lowest BCUT2D eigenvalue weighted by atomic mass is 9.73. The molecule has 2 aliphatic carbocycles. The van der Waals surface area contributed by atoms with Gasteiger partial charge in [-0.3, -0.25) is 15.0 Å². The number of aromatic nitrogens is 1. The molecule has 0 spiro atoms. The van der Waals surface area contributed by atoms with Gasteiger partial charge in [-0.15, -0.1) is 0 Å². The molecule has 33 heavy (non-hydrogen) atoms. The van der Waals surface area contributed by atoms with Crippen LogP contribution in [0, 0.1) is 27.9 Å². The van der Waals surface area contributed by atoms with E-state index in [9.17, 15) is 15.2 Å². The molecule has 2 fully saturated rings. The van der Waals surface area contributed by atoms with E-state index in [0.29, 0.717) is 11.8 Å². The molecule has 0 bridgehead atoms. The second-order valence-electron chi connectivity index (χ2n) is 9.97. The summed E-state index contributed by atoms with van der Waals surface area (Å²) in [6.07, 6.45) is 3.76. The minimum atomic E-state index is -0.331. The van der Waals surface area contributed by atoms with Gasteiger partial charge in [-0.1, -0.05) is 12.1 Å². The number of piperidine rings is 1. The molecule has 0 amide bonds. The normalized spacial score (nSPS) is 27.6. The van der Waals surface area contributed by atoms with Crippen LogP contribution < -0.4 is 4.74 Å². The Morgan fingerprint density at radius 1 is 1.21 bits per heavy atom. The Morgan fingerprint density at radius 3 is 2.82 bits per heavy atom. The van der Waals surface area contributed by atoms with Gasteiger partial charge in [-0.25, -0.2) is 0 Å². The molecule has 7 nitrogen and oxygen atoms in total. The van der Waals surface area contributed by atoms with Crippen LogP contribution in [0.2, 0.25) is 0 Å². The SMILES string of the molecule is COc1cccc(C(C2CC2O)N2CCC3Cc4[nH]c5cc([N+](=O)[O-])ccc5c4CC3C2)c1. The second-order valence-corrected chi connectivity index (χ2v) is 9.97. The number of fused-ring (bicyclic) bond motifs is 4. The lowest BCUT2D eigenvalue weighted by molar-refractivity contribution is -0.384. The summed E-state index contributed by atoms with van der Waals surface area (Å²) < 4.78 is 5.47. The summed E-state index contributed by atoms with van der Waals surface area (Å²) >= 11 is 0. The monoisotopic (exact) mass is 447 g/mol. The fraction of sp³-hybridized carbons (Fsp3) is 0.462. The molecular weight excluding hydrogens is 418 g/mol. The Kier molecular flexibility index (Phi) is 4.92. The Bertz CT molecular complexity index is 1220. The van der Waals surface area contributed by atoms with Gasteiger partial charge in [0.2, 0.25) is 0 Å². The van der Waals surface area contributed by atoms with Crippen molar-refractivity contribution in [2.24, 2.45) is 17.8 Å². The summed E-state index contributed by atoms with van der Waals surface area (Å²) in [5.41, 5.74) is 4.81. The van der Waals surface area contributed by atoms with Gasteiger partial charge >= 0.3 is 0 Å². The summed E-state index contributed by atoms with van der Waals surface area (Å²) in [5, 5.41) is 22.6. The molecule has 5 atom stereocenters. The molecule has 6 rings (SSSR count). The predicted molar refractivity (Wildman–Crippen MR) is 125 cm³/mol. The number of methoxy groups -OCH3 is 1. The van der Waals surface area contributed by atoms with Crippen LogP contribution in [0.1, 0.15) is 35.7 Å². The molecule has 172 valence electrons. The Morgan fingerprint density at radius 2 is 2.06 bits per heavy atom. The molecule has 3 aromatic rings. The molecule has 7 heteroatoms. The number of rotatable bonds is 5. The number of non-ortho nitro benzene ring substituents is 1. The Labute approximate surface area is 192 Å². The topological polar surface area (TPSA) is 91.6 Å². The minimum absolute atomic E-state index is 0.133. The maximum Gasteiger partial charge on any atom is 0.271 e. The number of aliphatic hydroxyl groups is 1. The molecule has 1 aromatic heterocycles. The van der Waals surface area contributed by atoms with Gasteiger partial charge in [0.25, 0.3) is 5.69 Å². The molecule has 2 heterocycles. The van der Waals surface area contributed by atoms with Crippen molar-refractivity contribution in [2.75, 3.05) is 20.2 Å². The number of hydrogen-bond acceptors (Lipinski definition) is 5. The van der Waals surface area contributed by atoms with Gasteiger partial charge in [0.05, 0.1) is 23.7 Å². The van der Waals surface area contributed by atoms with Crippen molar-refractivity contribution in [1.82, 2.24) is 9.88 Å². The van der Waals surface area contributed by atoms with Crippen LogP contribution in [0.25, 0.3) is 10.9 Å². The summed E-state index contributed by atoms with van der Waals surface area (Å²) in [5.74, 6) is 2.30. The third-order valence-electron chi connectivity index (χ3n) is 8.08. The van der Waals surface area contributed by atoms with E-state index < -0.39 is 0 Å². The van der Waals surface area contributed by atoms with E-state index in [2.05, 4.69) is 22.0 Å². The first-order valence-electron chi connectivity index (χ1n) is 11.9. The lowest BCUT2D eigenvalue weighted by Crippen LogP contribution is -2.46. The van der Waals surface area contributed by atoms with Crippen LogP contribution in [0.5, 0.6) is 5.75 Å². The van der Waals surface area contributed by atoms with E-state index >= 15 is 0 Å². The molecule has 2 N–H and O–H groups in total. The zero-order valence-electron chi connectivity index (χ0n) is 18.7. The number of hydrogen-bond donors (Lipinski definition) is 2. The molecule has 0 radical (unpaired) electrons. The maximum atomic E-state index is 11.2. The average Bonchev–Trinajstić information content (AvgIpc) is 3.42. The number of nitrogens with one attached hydrogen (secondary N) is 1. The highest BCUT2D eigenvalue weighted by Gasteiger charge is 2.47. The number of ether oxygens (including phenoxy) is 1. The number of nitro groups is 1. The van der Waals surface area contributed by atoms with Crippen molar-refractivity contribution in [1.29, 1.82) is 0 Å². The number of benzene rings is 2. The summed E-state index contributed by atoms with van der Waals surface area (Å²) in [6.45, 7) is 2.03. The molecule has 1 saturated carbocycles. The summed E-state index contributed by atoms with van der Waals surface area (Å²) in [7, 11) is 1.70. The molecule has 5 unspecified atom stereocenters. The zero-order valence-corrected chi connectivity index (χ0v) is 18.7. The van der Waals surface area contributed by atoms with Crippen molar-refractivity contribution < 1.29 is 14.8 Å². The van der Waals surface area contributed by atoms with Crippen molar-refractivity contribution >= 4 is 16.6 Å². The van der Waals surface area contributed by atoms with E-state index in [1.165, 1.54) is 16.8 Å². The lowest BCUT2D eigenvalue weighted by Gasteiger charge is -2.44. The number of nitro benzene ring substituents is 1. The van der Waals surface area contributed by atoms with Gasteiger partial charge in [-0.2, -0.15) is 0 Å². The Balaban J connectivity index is 1.28. The summed E-state index contributed by atoms with van der Waals surface area (Å²) in [6, 6.07) is 13.7. The van der Waals surface area contributed by atoms with Crippen LogP contribution in [0.15, 0.2) is 42.5 Å². The number of likely N-dealkylation sites (tertiary alicyclic amines) is 1. The van der Waals surface area contributed by atoms with Crippen LogP contribution in [0.4, 0.5) is 5.69 Å². The van der Waals surface area contributed by atoms with Gasteiger partial charge < -0.3 is 14.8 Å². The number of aliphatic hydroxyl groups excluding tert-OH is 1. The third kappa shape index (κ3) is 3.60. The van der Waals surface area contributed by atoms with Gasteiger partial charge in [0.1, 0.15) is 5.75 Å². The number of nitrogens with zero attached hydrogens (tertiary/aromatic N) is 2. The number of H-pyrrole nitrogens is 1. The van der Waals surface area contributed by atoms with Gasteiger partial charge in [0, 0.05) is 41.7 Å². The van der Waals surface area contributed by atoms with Crippen LogP contribution >= 0.6 is 0 Å². The van der Waals surface area contributed by atoms with Crippen molar-refractivity contribution in [3.05, 3.63) is 69.4 Å². The van der Waals surface area contributed by atoms with E-state index in [0.717, 1.165) is 55.4 Å². The van der Waals surface area contributed by atoms with Crippen molar-refractivity contribution in [2.45, 2.75) is 37.8 Å². The van der Waals surface area contributed by atoms with Crippen LogP contribution in [-0.4, -0.2) is 46.2 Å². The van der Waals surface area contributed by atoms with Crippen LogP contribution in [0.3, 0.4) is 0 Å². The van der Waals surface area contributed by atoms with Gasteiger partial charge in [-0.05, 0) is 73.4 Å². The third-order valence-corrected chi connectivity index (χ3v) is 8.08. The smallest absolute Gasteiger partial charge is 0.271 e. The molecule has 2 aromatic carbocycles. The first-order chi connectivity index (χ1) is 16.0. The van der Waals surface area contributed by atoms with E-state index in [1.807, 2.05) is 18.2 Å². The van der Waals surface area contributed by atoms with Gasteiger partial charge in [0.15, 0.2) is 0 Å². The van der Waals surface area contributed by atoms with Crippen molar-refractivity contribution in [3.8, 4) is 5.75 Å². The molecule has 1 aliphatic heterocycles. The van der Waals surface area contributed by atoms with E-state index in [4.69, 9.17) is 4.74 Å². The standard InChI is InChI=1S/C26H29N3O4/c1-33-19-4-2-3-16(9-19)26(22-13-25(22)30)28-8-7-15-11-23-21(10-17(15)14-28)20-6-5-18(29(31)32)12-24(20)27-23/h2-6,9,12,15,17,22,25-27,30H,7-8,10-11,13-14H2,1H3. The maximum absolute atomic E-state index is 11.2. The highest BCUT2D eigenvalue weighted by Crippen LogP contribution is 2.48. The van der Waals surface area contributed by atoms with Crippen molar-refractivity contribution in [3.63, 3.8) is 0 Å². The first kappa shape index (κ1) is 20.7. The molecule has 1 saturated heterocycles. The molecule has 3 aliphatic rings. The quantitative estimate of drug-likeness (QED) is 0.451. The Hall–Kier alpha value is -2.90. The number of aromatic amines is 1. The molecular formula is C26H29N3O4. The predicted octanol–water partition coefficient (Wildman–Crippen LogP) is 4.24. The fourth-order valence-corrected chi connectivity index (χ4v) is 6.30. The van der Waals surface area contributed by atoms with E-state index in [-0.39, 0.29) is 28.7 Å². The largest absolute Gasteiger partial charge is 0.497 e. The zero-order chi connectivity index (χ0) is 22.7. The average molecular weight is 448 g/mol. The highest BCUT2D eigenvalue weighted by atomic mass is 16.6. The van der Waals surface area contributed by atoms with E-state index in [1.54, 1.807) is 19.2 Å². The summed E-state index contributed by atoms with van der Waals surface area (Å²) in [4.78, 5) is 16.9. The van der Waals surface area contributed by atoms with Crippen LogP contribution in [-0.2, 0) is 12.8 Å². The fourth-order valence-electron chi connectivity index (χ4n) is 6.30. The highest BCUT2D eigenvalue weighted by molar-refractivity contribution is 5.86.